The normalized spacial score (nSPS) is 13.9. The van der Waals surface area contributed by atoms with Gasteiger partial charge in [0.1, 0.15) is 5.54 Å². The minimum absolute atomic E-state index is 0.189. The maximum Gasteiger partial charge on any atom is 0.323 e. The zero-order valence-electron chi connectivity index (χ0n) is 11.3. The van der Waals surface area contributed by atoms with Crippen molar-refractivity contribution in [1.29, 1.82) is 0 Å². The third kappa shape index (κ3) is 4.21. The molecule has 0 amide bonds. The Labute approximate surface area is 112 Å². The van der Waals surface area contributed by atoms with Crippen LogP contribution >= 0.6 is 0 Å². The molecule has 0 aromatic heterocycles. The lowest BCUT2D eigenvalue weighted by Crippen LogP contribution is -2.47. The van der Waals surface area contributed by atoms with Gasteiger partial charge in [-0.2, -0.15) is 0 Å². The van der Waals surface area contributed by atoms with Crippen LogP contribution in [0.5, 0.6) is 5.75 Å². The number of carboxylic acid groups (broad SMARTS) is 1. The zero-order chi connectivity index (χ0) is 14.5. The molecule has 0 spiro atoms. The van der Waals surface area contributed by atoms with Crippen LogP contribution in [0.2, 0.25) is 0 Å². The Morgan fingerprint density at radius 3 is 2.79 bits per heavy atom. The number of halogens is 1. The van der Waals surface area contributed by atoms with Gasteiger partial charge in [-0.25, -0.2) is 4.39 Å². The molecule has 0 radical (unpaired) electrons. The highest BCUT2D eigenvalue weighted by molar-refractivity contribution is 5.78. The van der Waals surface area contributed by atoms with Gasteiger partial charge in [-0.1, -0.05) is 13.0 Å². The lowest BCUT2D eigenvalue weighted by molar-refractivity contribution is -0.143. The molecule has 0 fully saturated rings. The maximum atomic E-state index is 13.4. The molecule has 3 N–H and O–H groups in total. The number of carboxylic acids is 1. The molecule has 1 rings (SSSR count). The molecule has 0 aliphatic carbocycles. The van der Waals surface area contributed by atoms with Crippen molar-refractivity contribution in [3.05, 3.63) is 29.6 Å². The standard InChI is InChI=1S/C14H20FNO3/c1-3-14(16,13(17)18)7-4-8-19-12-9-10(2)5-6-11(12)15/h5-6,9H,3-4,7-8,16H2,1-2H3,(H,17,18). The van der Waals surface area contributed by atoms with Crippen LogP contribution in [0.3, 0.4) is 0 Å². The van der Waals surface area contributed by atoms with Crippen molar-refractivity contribution in [1.82, 2.24) is 0 Å². The quantitative estimate of drug-likeness (QED) is 0.746. The summed E-state index contributed by atoms with van der Waals surface area (Å²) < 4.78 is 18.7. The van der Waals surface area contributed by atoms with E-state index < -0.39 is 17.3 Å². The Balaban J connectivity index is 2.47. The fraction of sp³-hybridized carbons (Fsp3) is 0.500. The first-order valence-corrected chi connectivity index (χ1v) is 6.30. The van der Waals surface area contributed by atoms with Crippen LogP contribution in [0.15, 0.2) is 18.2 Å². The predicted octanol–water partition coefficient (Wildman–Crippen LogP) is 2.49. The molecule has 106 valence electrons. The number of aliphatic carboxylic acids is 1. The highest BCUT2D eigenvalue weighted by Gasteiger charge is 2.31. The van der Waals surface area contributed by atoms with Crippen molar-refractivity contribution < 1.29 is 19.0 Å². The van der Waals surface area contributed by atoms with Crippen molar-refractivity contribution in [2.45, 2.75) is 38.6 Å². The first-order valence-electron chi connectivity index (χ1n) is 6.30. The molecule has 0 heterocycles. The van der Waals surface area contributed by atoms with Crippen LogP contribution in [0.4, 0.5) is 4.39 Å². The van der Waals surface area contributed by atoms with E-state index in [2.05, 4.69) is 0 Å². The summed E-state index contributed by atoms with van der Waals surface area (Å²) in [6.45, 7) is 3.82. The molecule has 4 nitrogen and oxygen atoms in total. The Morgan fingerprint density at radius 2 is 2.21 bits per heavy atom. The molecule has 0 aliphatic heterocycles. The molecule has 0 saturated carbocycles. The molecule has 19 heavy (non-hydrogen) atoms. The van der Waals surface area contributed by atoms with Gasteiger partial charge in [-0.15, -0.1) is 0 Å². The summed E-state index contributed by atoms with van der Waals surface area (Å²) in [5.41, 5.74) is 5.42. The van der Waals surface area contributed by atoms with Gasteiger partial charge in [0.15, 0.2) is 11.6 Å². The summed E-state index contributed by atoms with van der Waals surface area (Å²) in [5.74, 6) is -1.25. The van der Waals surface area contributed by atoms with E-state index in [1.807, 2.05) is 6.92 Å². The fourth-order valence-corrected chi connectivity index (χ4v) is 1.73. The molecular formula is C14H20FNO3. The van der Waals surface area contributed by atoms with Gasteiger partial charge in [0, 0.05) is 0 Å². The Hall–Kier alpha value is -1.62. The second kappa shape index (κ2) is 6.52. The lowest BCUT2D eigenvalue weighted by atomic mass is 9.92. The molecule has 1 aromatic carbocycles. The Kier molecular flexibility index (Phi) is 5.30. The first-order chi connectivity index (χ1) is 8.89. The van der Waals surface area contributed by atoms with E-state index in [0.717, 1.165) is 5.56 Å². The van der Waals surface area contributed by atoms with Crippen molar-refractivity contribution in [2.75, 3.05) is 6.61 Å². The lowest BCUT2D eigenvalue weighted by Gasteiger charge is -2.22. The van der Waals surface area contributed by atoms with Crippen molar-refractivity contribution in [2.24, 2.45) is 5.73 Å². The van der Waals surface area contributed by atoms with E-state index in [4.69, 9.17) is 15.6 Å². The number of rotatable bonds is 7. The van der Waals surface area contributed by atoms with E-state index in [1.54, 1.807) is 19.1 Å². The van der Waals surface area contributed by atoms with E-state index >= 15 is 0 Å². The molecular weight excluding hydrogens is 249 g/mol. The summed E-state index contributed by atoms with van der Waals surface area (Å²) in [5, 5.41) is 9.00. The van der Waals surface area contributed by atoms with Gasteiger partial charge >= 0.3 is 5.97 Å². The van der Waals surface area contributed by atoms with Gasteiger partial charge in [-0.05, 0) is 43.9 Å². The molecule has 0 saturated heterocycles. The third-order valence-electron chi connectivity index (χ3n) is 3.17. The first kappa shape index (κ1) is 15.4. The van der Waals surface area contributed by atoms with Crippen molar-refractivity contribution in [3.8, 4) is 5.75 Å². The second-order valence-electron chi connectivity index (χ2n) is 4.70. The average molecular weight is 269 g/mol. The van der Waals surface area contributed by atoms with Gasteiger partial charge in [-0.3, -0.25) is 4.79 Å². The number of carbonyl (C=O) groups is 1. The summed E-state index contributed by atoms with van der Waals surface area (Å²) in [6.07, 6.45) is 1.11. The SMILES string of the molecule is CCC(N)(CCCOc1cc(C)ccc1F)C(=O)O. The zero-order valence-corrected chi connectivity index (χ0v) is 11.3. The fourth-order valence-electron chi connectivity index (χ4n) is 1.73. The van der Waals surface area contributed by atoms with Crippen LogP contribution in [-0.2, 0) is 4.79 Å². The summed E-state index contributed by atoms with van der Waals surface area (Å²) in [6, 6.07) is 4.62. The molecule has 1 aromatic rings. The van der Waals surface area contributed by atoms with Crippen LogP contribution in [0.1, 0.15) is 31.7 Å². The molecule has 1 unspecified atom stereocenters. The summed E-state index contributed by atoms with van der Waals surface area (Å²) in [4.78, 5) is 11.0. The number of hydrogen-bond acceptors (Lipinski definition) is 3. The molecule has 0 aliphatic rings. The van der Waals surface area contributed by atoms with Crippen LogP contribution in [-0.4, -0.2) is 23.2 Å². The minimum Gasteiger partial charge on any atom is -0.491 e. The smallest absolute Gasteiger partial charge is 0.323 e. The molecule has 0 bridgehead atoms. The number of ether oxygens (including phenoxy) is 1. The maximum absolute atomic E-state index is 13.4. The highest BCUT2D eigenvalue weighted by Crippen LogP contribution is 2.20. The van der Waals surface area contributed by atoms with Crippen molar-refractivity contribution in [3.63, 3.8) is 0 Å². The van der Waals surface area contributed by atoms with E-state index in [1.165, 1.54) is 6.07 Å². The number of nitrogens with two attached hydrogens (primary N) is 1. The Bertz CT molecular complexity index is 450. The number of hydrogen-bond donors (Lipinski definition) is 2. The Morgan fingerprint density at radius 1 is 1.53 bits per heavy atom. The largest absolute Gasteiger partial charge is 0.491 e. The van der Waals surface area contributed by atoms with Gasteiger partial charge in [0.05, 0.1) is 6.61 Å². The van der Waals surface area contributed by atoms with Crippen LogP contribution < -0.4 is 10.5 Å². The number of aryl methyl sites for hydroxylation is 1. The van der Waals surface area contributed by atoms with Gasteiger partial charge in [0.25, 0.3) is 0 Å². The monoisotopic (exact) mass is 269 g/mol. The summed E-state index contributed by atoms with van der Waals surface area (Å²) in [7, 11) is 0. The number of benzene rings is 1. The average Bonchev–Trinajstić information content (AvgIpc) is 2.38. The topological polar surface area (TPSA) is 72.5 Å². The van der Waals surface area contributed by atoms with Gasteiger partial charge < -0.3 is 15.6 Å². The highest BCUT2D eigenvalue weighted by atomic mass is 19.1. The second-order valence-corrected chi connectivity index (χ2v) is 4.70. The third-order valence-corrected chi connectivity index (χ3v) is 3.17. The predicted molar refractivity (Wildman–Crippen MR) is 70.7 cm³/mol. The molecule has 5 heteroatoms. The van der Waals surface area contributed by atoms with Gasteiger partial charge in [0.2, 0.25) is 0 Å². The summed E-state index contributed by atoms with van der Waals surface area (Å²) >= 11 is 0. The molecule has 1 atom stereocenters. The van der Waals surface area contributed by atoms with Crippen LogP contribution in [0, 0.1) is 12.7 Å². The van der Waals surface area contributed by atoms with E-state index in [9.17, 15) is 9.18 Å². The van der Waals surface area contributed by atoms with Crippen molar-refractivity contribution >= 4 is 5.97 Å². The van der Waals surface area contributed by atoms with E-state index in [0.29, 0.717) is 19.3 Å². The van der Waals surface area contributed by atoms with E-state index in [-0.39, 0.29) is 12.4 Å². The van der Waals surface area contributed by atoms with Crippen LogP contribution in [0.25, 0.3) is 0 Å². The minimum atomic E-state index is -1.23.